The molecule has 0 bridgehead atoms. The monoisotopic (exact) mass is 264 g/mol. The summed E-state index contributed by atoms with van der Waals surface area (Å²) in [5, 5.41) is 9.21. The average molecular weight is 264 g/mol. The molecular formula is C15H24N2O2. The molecule has 1 aliphatic rings. The molecule has 0 amide bonds. The zero-order valence-electron chi connectivity index (χ0n) is 12.5. The summed E-state index contributed by atoms with van der Waals surface area (Å²) in [6, 6.07) is 3.93. The van der Waals surface area contributed by atoms with Crippen LogP contribution in [0, 0.1) is 6.92 Å². The predicted octanol–water partition coefficient (Wildman–Crippen LogP) is 2.28. The summed E-state index contributed by atoms with van der Waals surface area (Å²) in [5.41, 5.74) is 1.40. The second kappa shape index (κ2) is 4.76. The van der Waals surface area contributed by atoms with Gasteiger partial charge in [-0.2, -0.15) is 0 Å². The van der Waals surface area contributed by atoms with Gasteiger partial charge in [0.2, 0.25) is 0 Å². The number of hydrogen-bond donors (Lipinski definition) is 1. The van der Waals surface area contributed by atoms with Gasteiger partial charge in [-0.05, 0) is 46.2 Å². The van der Waals surface area contributed by atoms with Crippen LogP contribution in [-0.2, 0) is 11.3 Å². The van der Waals surface area contributed by atoms with Crippen molar-refractivity contribution in [1.29, 1.82) is 0 Å². The number of pyridine rings is 1. The van der Waals surface area contributed by atoms with Crippen LogP contribution < -0.4 is 4.90 Å². The molecule has 0 atom stereocenters. The number of rotatable bonds is 2. The number of hydrogen-bond acceptors (Lipinski definition) is 4. The Morgan fingerprint density at radius 3 is 2.26 bits per heavy atom. The summed E-state index contributed by atoms with van der Waals surface area (Å²) in [7, 11) is 0. The van der Waals surface area contributed by atoms with Crippen molar-refractivity contribution in [2.45, 2.75) is 52.4 Å². The van der Waals surface area contributed by atoms with Crippen LogP contribution in [0.4, 0.5) is 5.82 Å². The van der Waals surface area contributed by atoms with Crippen molar-refractivity contribution >= 4 is 5.82 Å². The van der Waals surface area contributed by atoms with Crippen LogP contribution in [0.2, 0.25) is 0 Å². The Bertz CT molecular complexity index is 453. The van der Waals surface area contributed by atoms with Gasteiger partial charge in [0.1, 0.15) is 5.82 Å². The van der Waals surface area contributed by atoms with E-state index in [1.165, 1.54) is 0 Å². The fraction of sp³-hybridized carbons (Fsp3) is 0.667. The number of nitrogens with zero attached hydrogens (tertiary/aromatic N) is 2. The third-order valence-electron chi connectivity index (χ3n) is 3.37. The molecule has 0 aliphatic carbocycles. The number of aliphatic hydroxyl groups excluding tert-OH is 1. The van der Waals surface area contributed by atoms with Gasteiger partial charge in [0.05, 0.1) is 17.8 Å². The van der Waals surface area contributed by atoms with E-state index >= 15 is 0 Å². The van der Waals surface area contributed by atoms with Crippen LogP contribution in [-0.4, -0.2) is 34.4 Å². The largest absolute Gasteiger partial charge is 0.392 e. The van der Waals surface area contributed by atoms with Crippen molar-refractivity contribution < 1.29 is 9.84 Å². The first-order valence-electron chi connectivity index (χ1n) is 6.75. The van der Waals surface area contributed by atoms with E-state index in [4.69, 9.17) is 4.74 Å². The molecule has 0 spiro atoms. The minimum Gasteiger partial charge on any atom is -0.392 e. The quantitative estimate of drug-likeness (QED) is 0.890. The first-order valence-corrected chi connectivity index (χ1v) is 6.75. The minimum atomic E-state index is -0.188. The summed E-state index contributed by atoms with van der Waals surface area (Å²) in [6.45, 7) is 12.0. The zero-order valence-corrected chi connectivity index (χ0v) is 12.5. The van der Waals surface area contributed by atoms with E-state index in [1.54, 1.807) is 0 Å². The summed E-state index contributed by atoms with van der Waals surface area (Å²) in [4.78, 5) is 6.87. The molecule has 4 nitrogen and oxygen atoms in total. The Balaban J connectivity index is 2.28. The van der Waals surface area contributed by atoms with Crippen molar-refractivity contribution in [3.8, 4) is 0 Å². The van der Waals surface area contributed by atoms with Gasteiger partial charge >= 0.3 is 0 Å². The number of aryl methyl sites for hydroxylation is 1. The lowest BCUT2D eigenvalue weighted by Crippen LogP contribution is -2.57. The van der Waals surface area contributed by atoms with Crippen LogP contribution in [0.5, 0.6) is 0 Å². The molecule has 4 heteroatoms. The van der Waals surface area contributed by atoms with Gasteiger partial charge in [-0.1, -0.05) is 6.07 Å². The number of anilines is 1. The highest BCUT2D eigenvalue weighted by Crippen LogP contribution is 2.30. The highest BCUT2D eigenvalue weighted by Gasteiger charge is 2.38. The molecule has 0 radical (unpaired) electrons. The molecule has 1 aliphatic heterocycles. The fourth-order valence-corrected chi connectivity index (χ4v) is 2.87. The molecule has 19 heavy (non-hydrogen) atoms. The maximum absolute atomic E-state index is 9.21. The molecule has 1 aromatic rings. The van der Waals surface area contributed by atoms with Gasteiger partial charge < -0.3 is 14.7 Å². The van der Waals surface area contributed by atoms with E-state index in [9.17, 15) is 5.11 Å². The van der Waals surface area contributed by atoms with Crippen LogP contribution >= 0.6 is 0 Å². The van der Waals surface area contributed by atoms with Gasteiger partial charge in [-0.25, -0.2) is 4.98 Å². The lowest BCUT2D eigenvalue weighted by atomic mass is 9.99. The topological polar surface area (TPSA) is 45.6 Å². The smallest absolute Gasteiger partial charge is 0.129 e. The van der Waals surface area contributed by atoms with Crippen molar-refractivity contribution in [2.24, 2.45) is 0 Å². The fourth-order valence-electron chi connectivity index (χ4n) is 2.87. The summed E-state index contributed by atoms with van der Waals surface area (Å²) < 4.78 is 6.08. The molecular weight excluding hydrogens is 240 g/mol. The molecule has 1 fully saturated rings. The summed E-state index contributed by atoms with van der Waals surface area (Å²) in [5.74, 6) is 0.958. The second-order valence-electron chi connectivity index (χ2n) is 6.55. The SMILES string of the molecule is Cc1nc(N2CC(C)(C)OC(C)(C)C2)ccc1CO. The van der Waals surface area contributed by atoms with E-state index in [-0.39, 0.29) is 17.8 Å². The molecule has 106 valence electrons. The molecule has 1 aromatic heterocycles. The minimum absolute atomic E-state index is 0.0409. The van der Waals surface area contributed by atoms with Crippen LogP contribution in [0.1, 0.15) is 39.0 Å². The van der Waals surface area contributed by atoms with E-state index in [2.05, 4.69) is 37.6 Å². The predicted molar refractivity (Wildman–Crippen MR) is 76.4 cm³/mol. The highest BCUT2D eigenvalue weighted by atomic mass is 16.5. The van der Waals surface area contributed by atoms with Crippen molar-refractivity contribution in [3.05, 3.63) is 23.4 Å². The zero-order chi connectivity index (χ0) is 14.3. The summed E-state index contributed by atoms with van der Waals surface area (Å²) >= 11 is 0. The van der Waals surface area contributed by atoms with E-state index in [0.29, 0.717) is 0 Å². The van der Waals surface area contributed by atoms with Crippen molar-refractivity contribution in [2.75, 3.05) is 18.0 Å². The Labute approximate surface area is 115 Å². The number of aliphatic hydroxyl groups is 1. The van der Waals surface area contributed by atoms with E-state index in [1.807, 2.05) is 19.1 Å². The van der Waals surface area contributed by atoms with Crippen LogP contribution in [0.25, 0.3) is 0 Å². The number of ether oxygens (including phenoxy) is 1. The van der Waals surface area contributed by atoms with Crippen LogP contribution in [0.3, 0.4) is 0 Å². The Morgan fingerprint density at radius 1 is 1.21 bits per heavy atom. The first kappa shape index (κ1) is 14.3. The van der Waals surface area contributed by atoms with E-state index < -0.39 is 0 Å². The van der Waals surface area contributed by atoms with E-state index in [0.717, 1.165) is 30.2 Å². The molecule has 1 saturated heterocycles. The standard InChI is InChI=1S/C15H24N2O2/c1-11-12(8-18)6-7-13(16-11)17-9-14(2,3)19-15(4,5)10-17/h6-7,18H,8-10H2,1-5H3. The lowest BCUT2D eigenvalue weighted by Gasteiger charge is -2.47. The molecule has 2 rings (SSSR count). The number of aromatic nitrogens is 1. The highest BCUT2D eigenvalue weighted by molar-refractivity contribution is 5.43. The molecule has 0 unspecified atom stereocenters. The molecule has 2 heterocycles. The Hall–Kier alpha value is -1.13. The van der Waals surface area contributed by atoms with Crippen LogP contribution in [0.15, 0.2) is 12.1 Å². The van der Waals surface area contributed by atoms with Gasteiger partial charge in [0.15, 0.2) is 0 Å². The maximum atomic E-state index is 9.21. The second-order valence-corrected chi connectivity index (χ2v) is 6.55. The number of morpholine rings is 1. The van der Waals surface area contributed by atoms with Crippen molar-refractivity contribution in [3.63, 3.8) is 0 Å². The molecule has 0 saturated carbocycles. The third kappa shape index (κ3) is 3.25. The van der Waals surface area contributed by atoms with Gasteiger partial charge in [-0.15, -0.1) is 0 Å². The Morgan fingerprint density at radius 2 is 1.79 bits per heavy atom. The summed E-state index contributed by atoms with van der Waals surface area (Å²) in [6.07, 6.45) is 0. The van der Waals surface area contributed by atoms with Gasteiger partial charge in [-0.3, -0.25) is 0 Å². The average Bonchev–Trinajstić information content (AvgIpc) is 2.24. The molecule has 1 N–H and O–H groups in total. The third-order valence-corrected chi connectivity index (χ3v) is 3.37. The van der Waals surface area contributed by atoms with Gasteiger partial charge in [0.25, 0.3) is 0 Å². The Kier molecular flexibility index (Phi) is 3.58. The lowest BCUT2D eigenvalue weighted by molar-refractivity contribution is -0.133. The van der Waals surface area contributed by atoms with Crippen molar-refractivity contribution in [1.82, 2.24) is 4.98 Å². The maximum Gasteiger partial charge on any atom is 0.129 e. The van der Waals surface area contributed by atoms with Gasteiger partial charge in [0, 0.05) is 18.8 Å². The first-order chi connectivity index (χ1) is 8.72. The normalized spacial score (nSPS) is 21.5. The molecule has 0 aromatic carbocycles.